The maximum absolute atomic E-state index is 12.2. The summed E-state index contributed by atoms with van der Waals surface area (Å²) in [6.07, 6.45) is 3.71. The third-order valence-corrected chi connectivity index (χ3v) is 5.63. The second-order valence-electron chi connectivity index (χ2n) is 5.48. The quantitative estimate of drug-likeness (QED) is 0.455. The van der Waals surface area contributed by atoms with Crippen molar-refractivity contribution < 1.29 is 4.74 Å². The van der Waals surface area contributed by atoms with Crippen molar-refractivity contribution in [2.24, 2.45) is 0 Å². The van der Waals surface area contributed by atoms with Gasteiger partial charge in [-0.1, -0.05) is 12.1 Å². The van der Waals surface area contributed by atoms with Crippen molar-refractivity contribution in [1.29, 1.82) is 0 Å². The molecule has 4 rings (SSSR count). The Morgan fingerprint density at radius 2 is 1.81 bits per heavy atom. The Kier molecular flexibility index (Phi) is 4.69. The average Bonchev–Trinajstić information content (AvgIpc) is 2.69. The molecule has 0 radical (unpaired) electrons. The molecule has 4 nitrogen and oxygen atoms in total. The molecule has 0 fully saturated rings. The van der Waals surface area contributed by atoms with Gasteiger partial charge in [-0.15, -0.1) is 23.1 Å². The zero-order valence-electron chi connectivity index (χ0n) is 13.9. The van der Waals surface area contributed by atoms with Crippen LogP contribution in [0.1, 0.15) is 0 Å². The Hall–Kier alpha value is -2.70. The van der Waals surface area contributed by atoms with Gasteiger partial charge in [0.25, 0.3) is 5.56 Å². The molecule has 0 aliphatic rings. The lowest BCUT2D eigenvalue weighted by Gasteiger charge is -2.06. The van der Waals surface area contributed by atoms with E-state index in [4.69, 9.17) is 4.74 Å². The van der Waals surface area contributed by atoms with Gasteiger partial charge >= 0.3 is 0 Å². The van der Waals surface area contributed by atoms with Crippen molar-refractivity contribution in [2.75, 3.05) is 6.26 Å². The minimum absolute atomic E-state index is 0.219. The Morgan fingerprint density at radius 3 is 2.54 bits per heavy atom. The van der Waals surface area contributed by atoms with Crippen LogP contribution in [0.2, 0.25) is 0 Å². The van der Waals surface area contributed by atoms with Gasteiger partial charge in [0.15, 0.2) is 0 Å². The number of fused-ring (bicyclic) bond motifs is 1. The number of aromatic nitrogens is 2. The van der Waals surface area contributed by atoms with Crippen molar-refractivity contribution in [2.45, 2.75) is 4.90 Å². The predicted molar refractivity (Wildman–Crippen MR) is 107 cm³/mol. The van der Waals surface area contributed by atoms with Crippen LogP contribution in [0.4, 0.5) is 0 Å². The van der Waals surface area contributed by atoms with Crippen LogP contribution in [0.25, 0.3) is 20.7 Å². The second kappa shape index (κ2) is 7.27. The van der Waals surface area contributed by atoms with Crippen molar-refractivity contribution in [3.8, 4) is 22.2 Å². The van der Waals surface area contributed by atoms with Crippen LogP contribution in [0.5, 0.6) is 11.6 Å². The molecule has 0 saturated carbocycles. The fourth-order valence-electron chi connectivity index (χ4n) is 2.47. The predicted octanol–water partition coefficient (Wildman–Crippen LogP) is 5.23. The normalized spacial score (nSPS) is 10.8. The summed E-state index contributed by atoms with van der Waals surface area (Å²) < 4.78 is 6.68. The van der Waals surface area contributed by atoms with E-state index in [1.54, 1.807) is 30.1 Å². The number of ether oxygens (including phenoxy) is 1. The highest BCUT2D eigenvalue weighted by atomic mass is 32.2. The molecule has 2 aromatic heterocycles. The Balaban J connectivity index is 1.60. The molecule has 26 heavy (non-hydrogen) atoms. The number of hydrogen-bond donors (Lipinski definition) is 0. The van der Waals surface area contributed by atoms with Crippen LogP contribution in [0, 0.1) is 0 Å². The molecular weight excluding hydrogens is 364 g/mol. The Labute approximate surface area is 158 Å². The van der Waals surface area contributed by atoms with E-state index in [-0.39, 0.29) is 5.56 Å². The van der Waals surface area contributed by atoms with E-state index in [1.165, 1.54) is 16.2 Å². The van der Waals surface area contributed by atoms with E-state index >= 15 is 0 Å². The monoisotopic (exact) mass is 378 g/mol. The van der Waals surface area contributed by atoms with Gasteiger partial charge in [-0.25, -0.2) is 4.98 Å². The first kappa shape index (κ1) is 16.8. The smallest absolute Gasteiger partial charge is 0.279 e. The third-order valence-electron chi connectivity index (χ3n) is 3.79. The minimum atomic E-state index is -0.219. The van der Waals surface area contributed by atoms with E-state index in [0.29, 0.717) is 16.3 Å². The summed E-state index contributed by atoms with van der Waals surface area (Å²) in [7, 11) is 0. The molecule has 0 spiro atoms. The highest BCUT2D eigenvalue weighted by Crippen LogP contribution is 2.28. The fraction of sp³-hybridized carbons (Fsp3) is 0.0500. The van der Waals surface area contributed by atoms with Crippen molar-refractivity contribution in [1.82, 2.24) is 9.97 Å². The van der Waals surface area contributed by atoms with Gasteiger partial charge in [-0.2, -0.15) is 4.98 Å². The summed E-state index contributed by atoms with van der Waals surface area (Å²) in [5, 5.41) is 1.29. The van der Waals surface area contributed by atoms with Crippen LogP contribution in [-0.4, -0.2) is 16.2 Å². The van der Waals surface area contributed by atoms with Crippen LogP contribution in [-0.2, 0) is 0 Å². The summed E-state index contributed by atoms with van der Waals surface area (Å²) in [5.74, 6) is 1.23. The summed E-state index contributed by atoms with van der Waals surface area (Å²) in [4.78, 5) is 21.9. The summed E-state index contributed by atoms with van der Waals surface area (Å²) in [5.41, 5.74) is 0.575. The van der Waals surface area contributed by atoms with Crippen molar-refractivity contribution >= 4 is 33.2 Å². The standard InChI is InChI=1S/C20H14N2O2S2/c1-25-15-9-7-14(8-10-15)24-18-11-6-13(12-21-18)20-22-19(23)16-4-2-3-5-17(16)26-20/h2-12H,1H3. The highest BCUT2D eigenvalue weighted by Gasteiger charge is 2.08. The SMILES string of the molecule is CSc1ccc(Oc2ccc(-c3nc(=O)c4ccccc4s3)cn2)cc1. The topological polar surface area (TPSA) is 52.1 Å². The zero-order chi connectivity index (χ0) is 17.9. The van der Waals surface area contributed by atoms with Crippen molar-refractivity contribution in [3.63, 3.8) is 0 Å². The van der Waals surface area contributed by atoms with E-state index in [9.17, 15) is 4.79 Å². The van der Waals surface area contributed by atoms with E-state index < -0.39 is 0 Å². The van der Waals surface area contributed by atoms with Gasteiger partial charge in [0.05, 0.1) is 5.39 Å². The molecule has 0 bridgehead atoms. The van der Waals surface area contributed by atoms with Crippen molar-refractivity contribution in [3.05, 3.63) is 77.2 Å². The number of pyridine rings is 1. The molecule has 0 N–H and O–H groups in total. The number of rotatable bonds is 4. The number of benzene rings is 2. The first-order valence-electron chi connectivity index (χ1n) is 7.91. The fourth-order valence-corrected chi connectivity index (χ4v) is 3.86. The molecule has 0 aliphatic heterocycles. The molecule has 0 atom stereocenters. The number of hydrogen-bond acceptors (Lipinski definition) is 6. The first-order chi connectivity index (χ1) is 12.7. The van der Waals surface area contributed by atoms with Gasteiger partial charge in [0, 0.05) is 27.4 Å². The highest BCUT2D eigenvalue weighted by molar-refractivity contribution is 7.98. The lowest BCUT2D eigenvalue weighted by atomic mass is 10.3. The van der Waals surface area contributed by atoms with Gasteiger partial charge in [0.2, 0.25) is 5.88 Å². The van der Waals surface area contributed by atoms with Crippen LogP contribution in [0.3, 0.4) is 0 Å². The van der Waals surface area contributed by atoms with Gasteiger partial charge in [-0.3, -0.25) is 4.79 Å². The van der Waals surface area contributed by atoms with E-state index in [0.717, 1.165) is 16.0 Å². The van der Waals surface area contributed by atoms with Crippen LogP contribution < -0.4 is 10.3 Å². The van der Waals surface area contributed by atoms with Gasteiger partial charge in [0.1, 0.15) is 10.8 Å². The summed E-state index contributed by atoms with van der Waals surface area (Å²) in [6, 6.07) is 19.0. The molecule has 0 unspecified atom stereocenters. The van der Waals surface area contributed by atoms with Gasteiger partial charge < -0.3 is 4.74 Å². The molecular formula is C20H14N2O2S2. The molecule has 0 aliphatic carbocycles. The Bertz CT molecular complexity index is 1110. The average molecular weight is 378 g/mol. The maximum Gasteiger partial charge on any atom is 0.279 e. The number of nitrogens with zero attached hydrogens (tertiary/aromatic N) is 2. The van der Waals surface area contributed by atoms with Crippen LogP contribution in [0.15, 0.2) is 76.6 Å². The largest absolute Gasteiger partial charge is 0.439 e. The molecule has 2 heterocycles. The molecule has 4 aromatic rings. The lowest BCUT2D eigenvalue weighted by molar-refractivity contribution is 0.463. The summed E-state index contributed by atoms with van der Waals surface area (Å²) in [6.45, 7) is 0. The minimum Gasteiger partial charge on any atom is -0.439 e. The lowest BCUT2D eigenvalue weighted by Crippen LogP contribution is -2.05. The third kappa shape index (κ3) is 3.47. The van der Waals surface area contributed by atoms with Gasteiger partial charge in [-0.05, 0) is 48.7 Å². The molecule has 0 amide bonds. The zero-order valence-corrected chi connectivity index (χ0v) is 15.5. The van der Waals surface area contributed by atoms with Crippen LogP contribution >= 0.6 is 23.1 Å². The molecule has 2 aromatic carbocycles. The summed E-state index contributed by atoms with van der Waals surface area (Å²) >= 11 is 3.16. The Morgan fingerprint density at radius 1 is 1.00 bits per heavy atom. The van der Waals surface area contributed by atoms with E-state index in [1.807, 2.05) is 54.8 Å². The maximum atomic E-state index is 12.2. The molecule has 6 heteroatoms. The molecule has 128 valence electrons. The van der Waals surface area contributed by atoms with E-state index in [2.05, 4.69) is 9.97 Å². The molecule has 0 saturated heterocycles. The second-order valence-corrected chi connectivity index (χ2v) is 7.39. The first-order valence-corrected chi connectivity index (χ1v) is 9.95. The number of thioether (sulfide) groups is 1.